The van der Waals surface area contributed by atoms with Crippen molar-refractivity contribution in [2.75, 3.05) is 0 Å². The Morgan fingerprint density at radius 1 is 1.00 bits per heavy atom. The predicted molar refractivity (Wildman–Crippen MR) is 56.7 cm³/mol. The molecule has 0 aromatic heterocycles. The Kier molecular flexibility index (Phi) is 2.37. The molecule has 0 spiro atoms. The van der Waals surface area contributed by atoms with Crippen LogP contribution in [0.2, 0.25) is 0 Å². The fourth-order valence-electron chi connectivity index (χ4n) is 3.02. The molecular weight excluding hydrogens is 208 g/mol. The standard InChI is InChI=1S/C12H14O4/c1-5(2)8-6-3-4-7(8)10(12(15)16)9(6)11(13)14/h3-4,6-7,9-10H,1-2H3,(H,13,14)(H,15,16)/t6-,7+,9-,10+. The molecule has 4 nitrogen and oxygen atoms in total. The maximum Gasteiger partial charge on any atom is 0.308 e. The van der Waals surface area contributed by atoms with Gasteiger partial charge in [-0.05, 0) is 13.8 Å². The second-order valence-corrected chi connectivity index (χ2v) is 4.62. The van der Waals surface area contributed by atoms with E-state index in [2.05, 4.69) is 0 Å². The van der Waals surface area contributed by atoms with Gasteiger partial charge in [0.25, 0.3) is 0 Å². The van der Waals surface area contributed by atoms with Crippen LogP contribution in [0, 0.1) is 23.7 Å². The van der Waals surface area contributed by atoms with Crippen molar-refractivity contribution >= 4 is 11.9 Å². The second kappa shape index (κ2) is 3.47. The number of hydrogen-bond donors (Lipinski definition) is 2. The maximum atomic E-state index is 11.2. The molecule has 1 saturated carbocycles. The summed E-state index contributed by atoms with van der Waals surface area (Å²) in [5.74, 6) is -4.09. The van der Waals surface area contributed by atoms with E-state index in [1.807, 2.05) is 26.0 Å². The molecule has 0 aromatic rings. The van der Waals surface area contributed by atoms with Crippen molar-refractivity contribution in [1.29, 1.82) is 0 Å². The lowest BCUT2D eigenvalue weighted by Crippen LogP contribution is -2.32. The summed E-state index contributed by atoms with van der Waals surface area (Å²) in [4.78, 5) is 22.3. The van der Waals surface area contributed by atoms with E-state index in [4.69, 9.17) is 10.2 Å². The van der Waals surface area contributed by atoms with E-state index >= 15 is 0 Å². The molecule has 2 N–H and O–H groups in total. The van der Waals surface area contributed by atoms with E-state index in [0.717, 1.165) is 11.1 Å². The largest absolute Gasteiger partial charge is 0.481 e. The van der Waals surface area contributed by atoms with Crippen molar-refractivity contribution in [1.82, 2.24) is 0 Å². The van der Waals surface area contributed by atoms with Crippen LogP contribution in [0.25, 0.3) is 0 Å². The van der Waals surface area contributed by atoms with Crippen LogP contribution in [0.4, 0.5) is 0 Å². The molecule has 86 valence electrons. The molecule has 2 aliphatic carbocycles. The van der Waals surface area contributed by atoms with Gasteiger partial charge in [0, 0.05) is 11.8 Å². The molecule has 1 fully saturated rings. The molecule has 0 aromatic carbocycles. The highest BCUT2D eigenvalue weighted by Gasteiger charge is 2.55. The summed E-state index contributed by atoms with van der Waals surface area (Å²) < 4.78 is 0. The maximum absolute atomic E-state index is 11.2. The first kappa shape index (κ1) is 10.9. The average Bonchev–Trinajstić information content (AvgIpc) is 2.70. The number of hydrogen-bond acceptors (Lipinski definition) is 2. The van der Waals surface area contributed by atoms with Crippen molar-refractivity contribution in [3.63, 3.8) is 0 Å². The van der Waals surface area contributed by atoms with Crippen molar-refractivity contribution in [3.05, 3.63) is 23.3 Å². The van der Waals surface area contributed by atoms with E-state index < -0.39 is 23.8 Å². The van der Waals surface area contributed by atoms with Gasteiger partial charge in [0.05, 0.1) is 11.8 Å². The third-order valence-electron chi connectivity index (χ3n) is 3.55. The van der Waals surface area contributed by atoms with Gasteiger partial charge in [-0.15, -0.1) is 0 Å². The zero-order valence-corrected chi connectivity index (χ0v) is 9.18. The first-order chi connectivity index (χ1) is 7.45. The van der Waals surface area contributed by atoms with Crippen LogP contribution < -0.4 is 0 Å². The number of carboxylic acids is 2. The van der Waals surface area contributed by atoms with E-state index in [0.29, 0.717) is 0 Å². The highest BCUT2D eigenvalue weighted by Crippen LogP contribution is 2.53. The van der Waals surface area contributed by atoms with Gasteiger partial charge in [0.15, 0.2) is 0 Å². The fourth-order valence-corrected chi connectivity index (χ4v) is 3.02. The van der Waals surface area contributed by atoms with Crippen LogP contribution in [-0.2, 0) is 9.59 Å². The van der Waals surface area contributed by atoms with Gasteiger partial charge in [-0.3, -0.25) is 9.59 Å². The molecular formula is C12H14O4. The lowest BCUT2D eigenvalue weighted by Gasteiger charge is -2.19. The topological polar surface area (TPSA) is 74.6 Å². The quantitative estimate of drug-likeness (QED) is 0.695. The van der Waals surface area contributed by atoms with E-state index in [1.165, 1.54) is 0 Å². The Bertz CT molecular complexity index is 383. The number of rotatable bonds is 2. The average molecular weight is 222 g/mol. The Hall–Kier alpha value is -1.58. The molecule has 0 unspecified atom stereocenters. The van der Waals surface area contributed by atoms with Gasteiger partial charge in [0.2, 0.25) is 0 Å². The van der Waals surface area contributed by atoms with Gasteiger partial charge >= 0.3 is 11.9 Å². The third kappa shape index (κ3) is 1.29. The lowest BCUT2D eigenvalue weighted by atomic mass is 9.83. The second-order valence-electron chi connectivity index (χ2n) is 4.62. The molecule has 0 amide bonds. The monoisotopic (exact) mass is 222 g/mol. The van der Waals surface area contributed by atoms with Gasteiger partial charge in [-0.1, -0.05) is 23.3 Å². The molecule has 2 aliphatic rings. The fraction of sp³-hybridized carbons (Fsp3) is 0.500. The number of aliphatic carboxylic acids is 2. The minimum atomic E-state index is -1.01. The Morgan fingerprint density at radius 3 is 1.62 bits per heavy atom. The lowest BCUT2D eigenvalue weighted by molar-refractivity contribution is -0.154. The summed E-state index contributed by atoms with van der Waals surface area (Å²) in [6.45, 7) is 3.82. The number of fused-ring (bicyclic) bond motifs is 2. The smallest absolute Gasteiger partial charge is 0.308 e. The Labute approximate surface area is 93.3 Å². The van der Waals surface area contributed by atoms with E-state index in [-0.39, 0.29) is 11.8 Å². The molecule has 0 aliphatic heterocycles. The van der Waals surface area contributed by atoms with Gasteiger partial charge in [-0.25, -0.2) is 0 Å². The van der Waals surface area contributed by atoms with E-state index in [1.54, 1.807) is 0 Å². The van der Waals surface area contributed by atoms with Crippen molar-refractivity contribution in [2.45, 2.75) is 13.8 Å². The van der Waals surface area contributed by atoms with Gasteiger partial charge in [-0.2, -0.15) is 0 Å². The third-order valence-corrected chi connectivity index (χ3v) is 3.55. The van der Waals surface area contributed by atoms with Crippen LogP contribution in [0.15, 0.2) is 23.3 Å². The van der Waals surface area contributed by atoms with Crippen LogP contribution >= 0.6 is 0 Å². The molecule has 0 saturated heterocycles. The first-order valence-corrected chi connectivity index (χ1v) is 5.26. The summed E-state index contributed by atoms with van der Waals surface area (Å²) in [6.07, 6.45) is 3.68. The minimum Gasteiger partial charge on any atom is -0.481 e. The summed E-state index contributed by atoms with van der Waals surface area (Å²) in [7, 11) is 0. The zero-order valence-electron chi connectivity index (χ0n) is 9.18. The Balaban J connectivity index is 2.50. The summed E-state index contributed by atoms with van der Waals surface area (Å²) in [5, 5.41) is 18.3. The molecule has 0 heterocycles. The summed E-state index contributed by atoms with van der Waals surface area (Å²) in [6, 6.07) is 0. The Morgan fingerprint density at radius 2 is 1.38 bits per heavy atom. The minimum absolute atomic E-state index is 0.228. The zero-order chi connectivity index (χ0) is 12.0. The van der Waals surface area contributed by atoms with Crippen LogP contribution in [0.1, 0.15) is 13.8 Å². The number of allylic oxidation sites excluding steroid dienone is 4. The number of carboxylic acid groups (broad SMARTS) is 2. The summed E-state index contributed by atoms with van der Waals surface area (Å²) in [5.41, 5.74) is 2.02. The molecule has 16 heavy (non-hydrogen) atoms. The number of carbonyl (C=O) groups is 2. The van der Waals surface area contributed by atoms with Crippen LogP contribution in [0.3, 0.4) is 0 Å². The van der Waals surface area contributed by atoms with E-state index in [9.17, 15) is 9.59 Å². The molecule has 2 bridgehead atoms. The predicted octanol–water partition coefficient (Wildman–Crippen LogP) is 1.54. The van der Waals surface area contributed by atoms with Crippen LogP contribution in [0.5, 0.6) is 0 Å². The van der Waals surface area contributed by atoms with Crippen LogP contribution in [-0.4, -0.2) is 22.2 Å². The summed E-state index contributed by atoms with van der Waals surface area (Å²) >= 11 is 0. The molecule has 0 radical (unpaired) electrons. The van der Waals surface area contributed by atoms with Crippen molar-refractivity contribution in [2.24, 2.45) is 23.7 Å². The highest BCUT2D eigenvalue weighted by molar-refractivity contribution is 5.84. The molecule has 4 atom stereocenters. The SMILES string of the molecule is CC(C)=C1[C@H]2C=C[C@@H]1[C@H](C(=O)O)[C@@H]2C(=O)O. The first-order valence-electron chi connectivity index (χ1n) is 5.26. The normalized spacial score (nSPS) is 35.5. The van der Waals surface area contributed by atoms with Crippen molar-refractivity contribution < 1.29 is 19.8 Å². The highest BCUT2D eigenvalue weighted by atomic mass is 16.4. The van der Waals surface area contributed by atoms with Gasteiger partial charge < -0.3 is 10.2 Å². The van der Waals surface area contributed by atoms with Gasteiger partial charge in [0.1, 0.15) is 0 Å². The molecule has 4 heteroatoms. The molecule has 2 rings (SSSR count). The van der Waals surface area contributed by atoms with Crippen molar-refractivity contribution in [3.8, 4) is 0 Å².